The van der Waals surface area contributed by atoms with Crippen molar-refractivity contribution in [2.75, 3.05) is 5.32 Å². The van der Waals surface area contributed by atoms with Crippen LogP contribution in [0.3, 0.4) is 0 Å². The van der Waals surface area contributed by atoms with Crippen LogP contribution < -0.4 is 5.32 Å². The first-order chi connectivity index (χ1) is 10.0. The molecule has 2 aromatic rings. The van der Waals surface area contributed by atoms with Crippen LogP contribution in [0.25, 0.3) is 0 Å². The number of amides is 1. The molecule has 6 heteroatoms. The van der Waals surface area contributed by atoms with E-state index in [0.717, 1.165) is 36.3 Å². The normalized spacial score (nSPS) is 17.4. The molecular formula is C15H14F2N2O2. The highest BCUT2D eigenvalue weighted by molar-refractivity contribution is 6.04. The molecule has 0 saturated heterocycles. The maximum absolute atomic E-state index is 13.6. The van der Waals surface area contributed by atoms with Crippen LogP contribution in [0, 0.1) is 17.6 Å². The van der Waals surface area contributed by atoms with Gasteiger partial charge in [-0.2, -0.15) is 0 Å². The van der Waals surface area contributed by atoms with E-state index in [1.807, 2.05) is 0 Å². The fourth-order valence-electron chi connectivity index (χ4n) is 2.53. The minimum Gasteiger partial charge on any atom is -0.360 e. The molecule has 3 rings (SSSR count). The summed E-state index contributed by atoms with van der Waals surface area (Å²) in [5.74, 6) is -0.893. The SMILES string of the molecule is C[C@@H]1CCc2onc(C(=O)Nc3ccc(F)cc3F)c2C1. The van der Waals surface area contributed by atoms with Gasteiger partial charge in [0, 0.05) is 18.1 Å². The van der Waals surface area contributed by atoms with Crippen molar-refractivity contribution in [1.82, 2.24) is 5.16 Å². The molecule has 0 bridgehead atoms. The lowest BCUT2D eigenvalue weighted by Gasteiger charge is -2.16. The Morgan fingerprint density at radius 3 is 3.00 bits per heavy atom. The number of carbonyl (C=O) groups excluding carboxylic acids is 1. The third kappa shape index (κ3) is 2.66. The lowest BCUT2D eigenvalue weighted by atomic mass is 9.88. The highest BCUT2D eigenvalue weighted by Crippen LogP contribution is 2.28. The van der Waals surface area contributed by atoms with Crippen molar-refractivity contribution < 1.29 is 18.1 Å². The summed E-state index contributed by atoms with van der Waals surface area (Å²) in [6, 6.07) is 2.98. The molecule has 0 aliphatic heterocycles. The van der Waals surface area contributed by atoms with Gasteiger partial charge in [0.25, 0.3) is 5.91 Å². The maximum Gasteiger partial charge on any atom is 0.278 e. The number of nitrogens with one attached hydrogen (secondary N) is 1. The summed E-state index contributed by atoms with van der Waals surface area (Å²) in [7, 11) is 0. The molecule has 110 valence electrons. The van der Waals surface area contributed by atoms with Gasteiger partial charge in [0.15, 0.2) is 5.69 Å². The van der Waals surface area contributed by atoms with E-state index < -0.39 is 17.5 Å². The number of rotatable bonds is 2. The smallest absolute Gasteiger partial charge is 0.278 e. The molecule has 1 aromatic carbocycles. The summed E-state index contributed by atoms with van der Waals surface area (Å²) in [5, 5.41) is 6.19. The molecule has 1 aromatic heterocycles. The maximum atomic E-state index is 13.6. The number of carbonyl (C=O) groups is 1. The van der Waals surface area contributed by atoms with Crippen molar-refractivity contribution in [2.45, 2.75) is 26.2 Å². The van der Waals surface area contributed by atoms with Gasteiger partial charge in [-0.05, 0) is 30.9 Å². The third-order valence-electron chi connectivity index (χ3n) is 3.68. The van der Waals surface area contributed by atoms with Crippen molar-refractivity contribution in [3.8, 4) is 0 Å². The second kappa shape index (κ2) is 5.27. The summed E-state index contributed by atoms with van der Waals surface area (Å²) < 4.78 is 31.6. The largest absolute Gasteiger partial charge is 0.360 e. The van der Waals surface area contributed by atoms with E-state index in [0.29, 0.717) is 12.3 Å². The van der Waals surface area contributed by atoms with Gasteiger partial charge in [0.05, 0.1) is 5.69 Å². The molecule has 0 fully saturated rings. The molecule has 21 heavy (non-hydrogen) atoms. The zero-order chi connectivity index (χ0) is 15.0. The van der Waals surface area contributed by atoms with Crippen LogP contribution in [0.15, 0.2) is 22.7 Å². The third-order valence-corrected chi connectivity index (χ3v) is 3.68. The molecular weight excluding hydrogens is 278 g/mol. The molecule has 4 nitrogen and oxygen atoms in total. The monoisotopic (exact) mass is 292 g/mol. The lowest BCUT2D eigenvalue weighted by Crippen LogP contribution is -2.18. The van der Waals surface area contributed by atoms with Crippen molar-refractivity contribution >= 4 is 11.6 Å². The van der Waals surface area contributed by atoms with Gasteiger partial charge in [-0.3, -0.25) is 4.79 Å². The van der Waals surface area contributed by atoms with E-state index >= 15 is 0 Å². The number of hydrogen-bond acceptors (Lipinski definition) is 3. The van der Waals surface area contributed by atoms with E-state index in [4.69, 9.17) is 4.52 Å². The zero-order valence-electron chi connectivity index (χ0n) is 11.5. The average Bonchev–Trinajstić information content (AvgIpc) is 2.85. The van der Waals surface area contributed by atoms with Crippen molar-refractivity contribution in [1.29, 1.82) is 0 Å². The Morgan fingerprint density at radius 2 is 2.24 bits per heavy atom. The number of halogens is 2. The summed E-state index contributed by atoms with van der Waals surface area (Å²) in [5.41, 5.74) is 0.885. The number of benzene rings is 1. The second-order valence-electron chi connectivity index (χ2n) is 5.36. The van der Waals surface area contributed by atoms with Crippen LogP contribution >= 0.6 is 0 Å². The molecule has 1 amide bonds. The Morgan fingerprint density at radius 1 is 1.43 bits per heavy atom. The van der Waals surface area contributed by atoms with E-state index in [1.165, 1.54) is 6.07 Å². The number of nitrogens with zero attached hydrogens (tertiary/aromatic N) is 1. The first-order valence-electron chi connectivity index (χ1n) is 6.78. The van der Waals surface area contributed by atoms with Crippen LogP contribution in [0.4, 0.5) is 14.5 Å². The van der Waals surface area contributed by atoms with Crippen molar-refractivity contribution in [3.05, 3.63) is 46.9 Å². The molecule has 0 spiro atoms. The van der Waals surface area contributed by atoms with Crippen molar-refractivity contribution in [3.63, 3.8) is 0 Å². The molecule has 0 unspecified atom stereocenters. The Bertz CT molecular complexity index is 697. The highest BCUT2D eigenvalue weighted by atomic mass is 19.1. The van der Waals surface area contributed by atoms with Gasteiger partial charge >= 0.3 is 0 Å². The lowest BCUT2D eigenvalue weighted by molar-refractivity contribution is 0.101. The van der Waals surface area contributed by atoms with Gasteiger partial charge in [-0.1, -0.05) is 12.1 Å². The predicted molar refractivity (Wildman–Crippen MR) is 72.0 cm³/mol. The molecule has 1 N–H and O–H groups in total. The summed E-state index contributed by atoms with van der Waals surface area (Å²) in [6.07, 6.45) is 2.46. The molecule has 0 saturated carbocycles. The van der Waals surface area contributed by atoms with E-state index in [-0.39, 0.29) is 11.4 Å². The second-order valence-corrected chi connectivity index (χ2v) is 5.36. The van der Waals surface area contributed by atoms with Gasteiger partial charge in [0.1, 0.15) is 17.4 Å². The van der Waals surface area contributed by atoms with E-state index in [9.17, 15) is 13.6 Å². The number of aryl methyl sites for hydroxylation is 1. The fraction of sp³-hybridized carbons (Fsp3) is 0.333. The predicted octanol–water partition coefficient (Wildman–Crippen LogP) is 3.33. The highest BCUT2D eigenvalue weighted by Gasteiger charge is 2.27. The Kier molecular flexibility index (Phi) is 3.45. The van der Waals surface area contributed by atoms with Gasteiger partial charge in [-0.15, -0.1) is 0 Å². The number of anilines is 1. The fourth-order valence-corrected chi connectivity index (χ4v) is 2.53. The topological polar surface area (TPSA) is 55.1 Å². The average molecular weight is 292 g/mol. The van der Waals surface area contributed by atoms with E-state index in [1.54, 1.807) is 0 Å². The van der Waals surface area contributed by atoms with Crippen LogP contribution in [-0.4, -0.2) is 11.1 Å². The summed E-state index contributed by atoms with van der Waals surface area (Å²) >= 11 is 0. The first kappa shape index (κ1) is 13.7. The molecule has 0 radical (unpaired) electrons. The van der Waals surface area contributed by atoms with Crippen molar-refractivity contribution in [2.24, 2.45) is 5.92 Å². The quantitative estimate of drug-likeness (QED) is 0.923. The number of fused-ring (bicyclic) bond motifs is 1. The first-order valence-corrected chi connectivity index (χ1v) is 6.78. The van der Waals surface area contributed by atoms with Gasteiger partial charge < -0.3 is 9.84 Å². The van der Waals surface area contributed by atoms with Crippen LogP contribution in [0.1, 0.15) is 35.2 Å². The standard InChI is InChI=1S/C15H14F2N2O2/c1-8-2-5-13-10(6-8)14(19-21-13)15(20)18-12-4-3-9(16)7-11(12)17/h3-4,7-8H,2,5-6H2,1H3,(H,18,20)/t8-/m1/s1. The summed E-state index contributed by atoms with van der Waals surface area (Å²) in [6.45, 7) is 2.09. The molecule has 1 aliphatic rings. The summed E-state index contributed by atoms with van der Waals surface area (Å²) in [4.78, 5) is 12.2. The zero-order valence-corrected chi connectivity index (χ0v) is 11.5. The molecule has 1 atom stereocenters. The Labute approximate surface area is 120 Å². The number of aromatic nitrogens is 1. The Hall–Kier alpha value is -2.24. The minimum atomic E-state index is -0.825. The number of hydrogen-bond donors (Lipinski definition) is 1. The molecule has 1 heterocycles. The Balaban J connectivity index is 1.85. The van der Waals surface area contributed by atoms with E-state index in [2.05, 4.69) is 17.4 Å². The van der Waals surface area contributed by atoms with Crippen LogP contribution in [0.5, 0.6) is 0 Å². The van der Waals surface area contributed by atoms with Gasteiger partial charge in [-0.25, -0.2) is 8.78 Å². The van der Waals surface area contributed by atoms with Crippen LogP contribution in [-0.2, 0) is 12.8 Å². The molecule has 1 aliphatic carbocycles. The van der Waals surface area contributed by atoms with Gasteiger partial charge in [0.2, 0.25) is 0 Å². The van der Waals surface area contributed by atoms with Crippen LogP contribution in [0.2, 0.25) is 0 Å². The minimum absolute atomic E-state index is 0.0815.